The van der Waals surface area contributed by atoms with Crippen molar-refractivity contribution in [2.24, 2.45) is 5.92 Å². The lowest BCUT2D eigenvalue weighted by Gasteiger charge is -2.09. The number of nitrogens with one attached hydrogen (secondary N) is 1. The Morgan fingerprint density at radius 1 is 1.28 bits per heavy atom. The van der Waals surface area contributed by atoms with E-state index in [0.717, 1.165) is 12.8 Å². The van der Waals surface area contributed by atoms with E-state index < -0.39 is 22.5 Å². The summed E-state index contributed by atoms with van der Waals surface area (Å²) in [6, 6.07) is 7.90. The van der Waals surface area contributed by atoms with Gasteiger partial charge in [0, 0.05) is 0 Å². The molecular weight excluding hydrogens is 254 g/mol. The molecule has 0 unspecified atom stereocenters. The van der Waals surface area contributed by atoms with E-state index >= 15 is 0 Å². The first-order valence-corrected chi connectivity index (χ1v) is 7.37. The molecule has 18 heavy (non-hydrogen) atoms. The van der Waals surface area contributed by atoms with Crippen LogP contribution in [-0.2, 0) is 27.7 Å². The molecule has 0 aromatic heterocycles. The lowest BCUT2D eigenvalue weighted by atomic mass is 10.1. The van der Waals surface area contributed by atoms with Crippen molar-refractivity contribution < 1.29 is 18.3 Å². The molecule has 0 bridgehead atoms. The molecule has 0 atom stereocenters. The smallest absolute Gasteiger partial charge is 0.318 e. The van der Waals surface area contributed by atoms with Crippen molar-refractivity contribution >= 4 is 16.0 Å². The van der Waals surface area contributed by atoms with Crippen LogP contribution in [0.4, 0.5) is 0 Å². The lowest BCUT2D eigenvalue weighted by molar-refractivity contribution is -0.135. The zero-order valence-electron chi connectivity index (χ0n) is 9.80. The number of rotatable bonds is 5. The molecule has 0 radical (unpaired) electrons. The van der Waals surface area contributed by atoms with Crippen molar-refractivity contribution in [1.82, 2.24) is 4.72 Å². The summed E-state index contributed by atoms with van der Waals surface area (Å²) in [5.74, 6) is -1.16. The predicted octanol–water partition coefficient (Wildman–Crippen LogP) is 0.405. The first-order valence-electron chi connectivity index (χ1n) is 5.72. The molecular formula is C12H15NO4S. The Morgan fingerprint density at radius 3 is 2.33 bits per heavy atom. The molecule has 2 rings (SSSR count). The number of benzene rings is 1. The standard InChI is InChI=1S/C12H15NO4S/c14-12(15)7-13-18(16,17)8-9-5-10-3-1-2-4-11(10)6-9/h1-4,9,13H,5-8H2,(H,14,15). The predicted molar refractivity (Wildman–Crippen MR) is 66.8 cm³/mol. The minimum atomic E-state index is -3.51. The van der Waals surface area contributed by atoms with Gasteiger partial charge in [0.1, 0.15) is 6.54 Å². The zero-order chi connectivity index (χ0) is 13.2. The van der Waals surface area contributed by atoms with E-state index in [4.69, 9.17) is 5.11 Å². The van der Waals surface area contributed by atoms with Crippen LogP contribution in [0.15, 0.2) is 24.3 Å². The molecule has 0 amide bonds. The van der Waals surface area contributed by atoms with Crippen LogP contribution in [0.2, 0.25) is 0 Å². The van der Waals surface area contributed by atoms with Crippen molar-refractivity contribution in [2.45, 2.75) is 12.8 Å². The monoisotopic (exact) mass is 269 g/mol. The largest absolute Gasteiger partial charge is 0.480 e. The van der Waals surface area contributed by atoms with Gasteiger partial charge in [-0.2, -0.15) is 0 Å². The molecule has 0 heterocycles. The fourth-order valence-corrected chi connectivity index (χ4v) is 3.63. The van der Waals surface area contributed by atoms with Crippen LogP contribution in [0.3, 0.4) is 0 Å². The summed E-state index contributed by atoms with van der Waals surface area (Å²) in [7, 11) is -3.51. The van der Waals surface area contributed by atoms with Gasteiger partial charge in [-0.15, -0.1) is 0 Å². The van der Waals surface area contributed by atoms with E-state index in [1.54, 1.807) is 0 Å². The molecule has 1 aliphatic rings. The van der Waals surface area contributed by atoms with Crippen molar-refractivity contribution in [2.75, 3.05) is 12.3 Å². The normalized spacial score (nSPS) is 15.6. The highest BCUT2D eigenvalue weighted by Gasteiger charge is 2.26. The molecule has 0 spiro atoms. The van der Waals surface area contributed by atoms with Crippen molar-refractivity contribution in [3.63, 3.8) is 0 Å². The van der Waals surface area contributed by atoms with Crippen molar-refractivity contribution in [3.05, 3.63) is 35.4 Å². The zero-order valence-corrected chi connectivity index (χ0v) is 10.6. The lowest BCUT2D eigenvalue weighted by Crippen LogP contribution is -2.33. The van der Waals surface area contributed by atoms with E-state index in [2.05, 4.69) is 4.72 Å². The van der Waals surface area contributed by atoms with E-state index in [1.807, 2.05) is 24.3 Å². The Kier molecular flexibility index (Phi) is 3.68. The molecule has 2 N–H and O–H groups in total. The van der Waals surface area contributed by atoms with E-state index in [9.17, 15) is 13.2 Å². The first kappa shape index (κ1) is 13.0. The summed E-state index contributed by atoms with van der Waals surface area (Å²) in [4.78, 5) is 10.3. The maximum absolute atomic E-state index is 11.7. The van der Waals surface area contributed by atoms with Gasteiger partial charge in [-0.3, -0.25) is 4.79 Å². The Hall–Kier alpha value is -1.40. The van der Waals surface area contributed by atoms with Crippen LogP contribution in [0.1, 0.15) is 11.1 Å². The molecule has 1 aliphatic carbocycles. The second-order valence-corrected chi connectivity index (χ2v) is 6.39. The number of carboxylic acid groups (broad SMARTS) is 1. The minimum absolute atomic E-state index is 0.0189. The number of aliphatic carboxylic acids is 1. The number of carbonyl (C=O) groups is 1. The highest BCUT2D eigenvalue weighted by Crippen LogP contribution is 2.27. The molecule has 0 saturated carbocycles. The fraction of sp³-hybridized carbons (Fsp3) is 0.417. The summed E-state index contributed by atoms with van der Waals surface area (Å²) in [6.45, 7) is -0.554. The molecule has 0 fully saturated rings. The highest BCUT2D eigenvalue weighted by molar-refractivity contribution is 7.89. The van der Waals surface area contributed by atoms with Gasteiger partial charge in [0.2, 0.25) is 10.0 Å². The molecule has 1 aromatic carbocycles. The summed E-state index contributed by atoms with van der Waals surface area (Å²) in [6.07, 6.45) is 1.48. The van der Waals surface area contributed by atoms with Gasteiger partial charge >= 0.3 is 5.97 Å². The third kappa shape index (κ3) is 3.30. The second-order valence-electron chi connectivity index (χ2n) is 4.54. The second kappa shape index (κ2) is 5.07. The van der Waals surface area contributed by atoms with Crippen molar-refractivity contribution in [1.29, 1.82) is 0 Å². The molecule has 0 aliphatic heterocycles. The Balaban J connectivity index is 1.95. The van der Waals surface area contributed by atoms with Crippen LogP contribution in [0.25, 0.3) is 0 Å². The number of hydrogen-bond acceptors (Lipinski definition) is 3. The first-order chi connectivity index (χ1) is 8.46. The van der Waals surface area contributed by atoms with Crippen LogP contribution >= 0.6 is 0 Å². The van der Waals surface area contributed by atoms with E-state index in [-0.39, 0.29) is 11.7 Å². The maximum atomic E-state index is 11.7. The van der Waals surface area contributed by atoms with Gasteiger partial charge in [-0.1, -0.05) is 24.3 Å². The highest BCUT2D eigenvalue weighted by atomic mass is 32.2. The maximum Gasteiger partial charge on any atom is 0.318 e. The molecule has 0 saturated heterocycles. The van der Waals surface area contributed by atoms with Crippen LogP contribution in [0.5, 0.6) is 0 Å². The summed E-state index contributed by atoms with van der Waals surface area (Å²) in [5.41, 5.74) is 2.38. The van der Waals surface area contributed by atoms with E-state index in [1.165, 1.54) is 11.1 Å². The fourth-order valence-electron chi connectivity index (χ4n) is 2.31. The molecule has 5 nitrogen and oxygen atoms in total. The summed E-state index contributed by atoms with van der Waals surface area (Å²) >= 11 is 0. The Bertz CT molecular complexity index is 528. The average Bonchev–Trinajstić information content (AvgIpc) is 2.67. The topological polar surface area (TPSA) is 83.5 Å². The Morgan fingerprint density at radius 2 is 1.83 bits per heavy atom. The number of carboxylic acids is 1. The SMILES string of the molecule is O=C(O)CNS(=O)(=O)CC1Cc2ccccc2C1. The molecule has 6 heteroatoms. The average molecular weight is 269 g/mol. The van der Waals surface area contributed by atoms with E-state index in [0.29, 0.717) is 0 Å². The third-order valence-electron chi connectivity index (χ3n) is 3.03. The molecule has 98 valence electrons. The van der Waals surface area contributed by atoms with Crippen molar-refractivity contribution in [3.8, 4) is 0 Å². The molecule has 1 aromatic rings. The third-order valence-corrected chi connectivity index (χ3v) is 4.53. The van der Waals surface area contributed by atoms with Gasteiger partial charge in [0.25, 0.3) is 0 Å². The number of fused-ring (bicyclic) bond motifs is 1. The van der Waals surface area contributed by atoms with Gasteiger partial charge in [-0.25, -0.2) is 13.1 Å². The Labute approximate surface area is 106 Å². The summed E-state index contributed by atoms with van der Waals surface area (Å²) < 4.78 is 25.4. The number of hydrogen-bond donors (Lipinski definition) is 2. The quantitative estimate of drug-likeness (QED) is 0.810. The summed E-state index contributed by atoms with van der Waals surface area (Å²) in [5, 5.41) is 8.45. The van der Waals surface area contributed by atoms with Crippen LogP contribution in [0, 0.1) is 5.92 Å². The van der Waals surface area contributed by atoms with Gasteiger partial charge < -0.3 is 5.11 Å². The minimum Gasteiger partial charge on any atom is -0.480 e. The van der Waals surface area contributed by atoms with Gasteiger partial charge in [-0.05, 0) is 29.9 Å². The van der Waals surface area contributed by atoms with Crippen LogP contribution < -0.4 is 4.72 Å². The number of sulfonamides is 1. The van der Waals surface area contributed by atoms with Crippen LogP contribution in [-0.4, -0.2) is 31.8 Å². The van der Waals surface area contributed by atoms with Gasteiger partial charge in [0.05, 0.1) is 5.75 Å². The van der Waals surface area contributed by atoms with Gasteiger partial charge in [0.15, 0.2) is 0 Å².